The van der Waals surface area contributed by atoms with Gasteiger partial charge in [0.15, 0.2) is 0 Å². The average Bonchev–Trinajstić information content (AvgIpc) is 2.50. The fourth-order valence-electron chi connectivity index (χ4n) is 2.74. The van der Waals surface area contributed by atoms with E-state index < -0.39 is 0 Å². The van der Waals surface area contributed by atoms with Crippen molar-refractivity contribution in [1.82, 2.24) is 5.01 Å². The Kier molecular flexibility index (Phi) is 14.9. The molecule has 0 unspecified atom stereocenters. The summed E-state index contributed by atoms with van der Waals surface area (Å²) in [4.78, 5) is 0. The van der Waals surface area contributed by atoms with Crippen molar-refractivity contribution in [1.29, 1.82) is 0 Å². The average molecular weight is 296 g/mol. The van der Waals surface area contributed by atoms with Gasteiger partial charge in [-0.05, 0) is 12.8 Å². The molecule has 3 heteroatoms. The molecule has 0 heterocycles. The lowest BCUT2D eigenvalue weighted by Gasteiger charge is -2.25. The summed E-state index contributed by atoms with van der Waals surface area (Å²) in [5, 5.41) is 10.1. The quantitative estimate of drug-likeness (QED) is 0.192. The van der Waals surface area contributed by atoms with Gasteiger partial charge in [-0.1, -0.05) is 89.9 Å². The Morgan fingerprint density at radius 1 is 0.857 bits per heavy atom. The Bertz CT molecular complexity index is 237. The molecule has 0 amide bonds. The zero-order chi connectivity index (χ0) is 15.8. The molecule has 0 aromatic carbocycles. The van der Waals surface area contributed by atoms with Gasteiger partial charge in [0.1, 0.15) is 0 Å². The fourth-order valence-corrected chi connectivity index (χ4v) is 2.74. The van der Waals surface area contributed by atoms with Crippen molar-refractivity contribution in [3.05, 3.63) is 12.8 Å². The molecule has 0 N–H and O–H groups in total. The second-order valence-electron chi connectivity index (χ2n) is 5.91. The second kappa shape index (κ2) is 15.5. The Labute approximate surface area is 132 Å². The highest BCUT2D eigenvalue weighted by atomic mass is 15.5. The van der Waals surface area contributed by atoms with Crippen LogP contribution in [-0.2, 0) is 0 Å². The summed E-state index contributed by atoms with van der Waals surface area (Å²) in [5.41, 5.74) is 0. The first-order chi connectivity index (χ1) is 10.3. The summed E-state index contributed by atoms with van der Waals surface area (Å²) in [6.07, 6.45) is 17.6. The summed E-state index contributed by atoms with van der Waals surface area (Å²) in [5.74, 6) is 0. The first kappa shape index (κ1) is 20.1. The van der Waals surface area contributed by atoms with Crippen molar-refractivity contribution in [3.63, 3.8) is 0 Å². The number of unbranched alkanes of at least 4 members (excludes halogenated alkanes) is 8. The van der Waals surface area contributed by atoms with Gasteiger partial charge < -0.3 is 0 Å². The molecule has 0 radical (unpaired) electrons. The van der Waals surface area contributed by atoms with E-state index >= 15 is 0 Å². The zero-order valence-corrected chi connectivity index (χ0v) is 14.7. The van der Waals surface area contributed by atoms with Crippen LogP contribution in [0.15, 0.2) is 23.1 Å². The van der Waals surface area contributed by atoms with Crippen molar-refractivity contribution in [2.24, 2.45) is 10.3 Å². The van der Waals surface area contributed by atoms with E-state index in [-0.39, 0.29) is 0 Å². The van der Waals surface area contributed by atoms with Crippen LogP contribution in [0.2, 0.25) is 0 Å². The van der Waals surface area contributed by atoms with E-state index in [1.807, 2.05) is 11.2 Å². The maximum atomic E-state index is 4.21. The van der Waals surface area contributed by atoms with Crippen LogP contribution in [0.1, 0.15) is 90.9 Å². The predicted molar refractivity (Wildman–Crippen MR) is 93.4 cm³/mol. The summed E-state index contributed by atoms with van der Waals surface area (Å²) < 4.78 is 0. The van der Waals surface area contributed by atoms with E-state index in [4.69, 9.17) is 0 Å². The maximum absolute atomic E-state index is 4.21. The highest BCUT2D eigenvalue weighted by Crippen LogP contribution is 2.19. The maximum Gasteiger partial charge on any atom is 0.0535 e. The number of hydrogen-bond donors (Lipinski definition) is 0. The molecular formula is C18H37N3. The largest absolute Gasteiger partial charge is 0.252 e. The second-order valence-corrected chi connectivity index (χ2v) is 5.91. The first-order valence-electron chi connectivity index (χ1n) is 9.00. The van der Waals surface area contributed by atoms with Gasteiger partial charge in [-0.3, -0.25) is 5.01 Å². The molecule has 0 saturated carbocycles. The van der Waals surface area contributed by atoms with Crippen molar-refractivity contribution < 1.29 is 0 Å². The summed E-state index contributed by atoms with van der Waals surface area (Å²) in [7, 11) is 1.73. The Morgan fingerprint density at radius 2 is 1.33 bits per heavy atom. The van der Waals surface area contributed by atoms with E-state index in [1.165, 1.54) is 77.0 Å². The van der Waals surface area contributed by atoms with Crippen LogP contribution < -0.4 is 0 Å². The first-order valence-corrected chi connectivity index (χ1v) is 9.00. The third-order valence-electron chi connectivity index (χ3n) is 4.04. The molecule has 0 aliphatic heterocycles. The van der Waals surface area contributed by atoms with E-state index in [0.29, 0.717) is 6.04 Å². The van der Waals surface area contributed by atoms with Gasteiger partial charge in [0.05, 0.1) is 13.1 Å². The van der Waals surface area contributed by atoms with Crippen molar-refractivity contribution in [3.8, 4) is 0 Å². The Balaban J connectivity index is 4.10. The van der Waals surface area contributed by atoms with Gasteiger partial charge in [0.2, 0.25) is 0 Å². The van der Waals surface area contributed by atoms with Gasteiger partial charge in [-0.2, -0.15) is 5.11 Å². The molecule has 3 nitrogen and oxygen atoms in total. The molecule has 0 aromatic heterocycles. The van der Waals surface area contributed by atoms with E-state index in [9.17, 15) is 0 Å². The van der Waals surface area contributed by atoms with Crippen LogP contribution in [0.25, 0.3) is 0 Å². The smallest absolute Gasteiger partial charge is 0.0535 e. The normalized spacial score (nSPS) is 11.4. The minimum atomic E-state index is 0.481. The fraction of sp³-hybridized carbons (Fsp3) is 0.889. The molecule has 0 spiro atoms. The molecule has 0 fully saturated rings. The summed E-state index contributed by atoms with van der Waals surface area (Å²) >= 11 is 0. The highest BCUT2D eigenvalue weighted by molar-refractivity contribution is 4.76. The molecule has 0 saturated heterocycles. The standard InChI is InChI=1S/C18H37N3/c1-5-8-10-12-14-16-18(21(7-3)20-19-4)17-15-13-11-9-6-2/h7,18H,3,5-6,8-17H2,1-2,4H3/b20-19-. The molecule has 0 aliphatic rings. The van der Waals surface area contributed by atoms with E-state index in [0.717, 1.165) is 0 Å². The highest BCUT2D eigenvalue weighted by Gasteiger charge is 2.14. The van der Waals surface area contributed by atoms with Gasteiger partial charge in [-0.15, -0.1) is 0 Å². The lowest BCUT2D eigenvalue weighted by molar-refractivity contribution is 0.233. The number of rotatable bonds is 15. The molecule has 0 atom stereocenters. The predicted octanol–water partition coefficient (Wildman–Crippen LogP) is 6.52. The van der Waals surface area contributed by atoms with Crippen molar-refractivity contribution in [2.45, 2.75) is 96.9 Å². The van der Waals surface area contributed by atoms with Crippen LogP contribution in [0.4, 0.5) is 0 Å². The molecule has 0 bridgehead atoms. The lowest BCUT2D eigenvalue weighted by Crippen LogP contribution is -2.25. The SMILES string of the molecule is C=CN(/N=N\C)C(CCCCCCC)CCCCCCC. The van der Waals surface area contributed by atoms with Crippen LogP contribution >= 0.6 is 0 Å². The van der Waals surface area contributed by atoms with Gasteiger partial charge in [0.25, 0.3) is 0 Å². The Morgan fingerprint density at radius 3 is 1.71 bits per heavy atom. The topological polar surface area (TPSA) is 28.0 Å². The minimum absolute atomic E-state index is 0.481. The van der Waals surface area contributed by atoms with E-state index in [1.54, 1.807) is 7.05 Å². The third kappa shape index (κ3) is 11.5. The van der Waals surface area contributed by atoms with Gasteiger partial charge in [-0.25, -0.2) is 0 Å². The molecular weight excluding hydrogens is 258 g/mol. The molecule has 0 rings (SSSR count). The van der Waals surface area contributed by atoms with Gasteiger partial charge in [0, 0.05) is 6.20 Å². The van der Waals surface area contributed by atoms with Crippen LogP contribution in [0, 0.1) is 0 Å². The van der Waals surface area contributed by atoms with Crippen LogP contribution in [0.3, 0.4) is 0 Å². The summed E-state index contributed by atoms with van der Waals surface area (Å²) in [6, 6.07) is 0.481. The third-order valence-corrected chi connectivity index (χ3v) is 4.04. The molecule has 21 heavy (non-hydrogen) atoms. The van der Waals surface area contributed by atoms with Gasteiger partial charge >= 0.3 is 0 Å². The van der Waals surface area contributed by atoms with E-state index in [2.05, 4.69) is 30.8 Å². The minimum Gasteiger partial charge on any atom is -0.252 e. The van der Waals surface area contributed by atoms with Crippen molar-refractivity contribution in [2.75, 3.05) is 7.05 Å². The lowest BCUT2D eigenvalue weighted by atomic mass is 10.00. The number of hydrogen-bond acceptors (Lipinski definition) is 2. The number of nitrogens with zero attached hydrogens (tertiary/aromatic N) is 3. The molecule has 0 aliphatic carbocycles. The zero-order valence-electron chi connectivity index (χ0n) is 14.7. The van der Waals surface area contributed by atoms with Crippen LogP contribution in [-0.4, -0.2) is 18.1 Å². The van der Waals surface area contributed by atoms with Crippen LogP contribution in [0.5, 0.6) is 0 Å². The summed E-state index contributed by atoms with van der Waals surface area (Å²) in [6.45, 7) is 8.42. The molecule has 0 aromatic rings. The monoisotopic (exact) mass is 295 g/mol. The molecule has 124 valence electrons. The Hall–Kier alpha value is -0.860. The van der Waals surface area contributed by atoms with Crippen molar-refractivity contribution >= 4 is 0 Å².